The van der Waals surface area contributed by atoms with Gasteiger partial charge in [-0.05, 0) is 24.8 Å². The lowest BCUT2D eigenvalue weighted by molar-refractivity contribution is -0.111. The number of hydrogen-bond acceptors (Lipinski definition) is 9. The highest BCUT2D eigenvalue weighted by molar-refractivity contribution is 6.02. The van der Waals surface area contributed by atoms with Crippen LogP contribution in [0.3, 0.4) is 0 Å². The van der Waals surface area contributed by atoms with Gasteiger partial charge in [0.1, 0.15) is 17.9 Å². The Morgan fingerprint density at radius 3 is 2.62 bits per heavy atom. The Kier molecular flexibility index (Phi) is 8.78. The number of carbonyl (C=O) groups excluding carboxylic acids is 1. The number of hydroxylamine groups is 1. The van der Waals surface area contributed by atoms with Crippen LogP contribution >= 0.6 is 0 Å². The number of amides is 1. The van der Waals surface area contributed by atoms with Gasteiger partial charge in [-0.1, -0.05) is 19.6 Å². The van der Waals surface area contributed by atoms with E-state index < -0.39 is 23.5 Å². The molecular formula is C29H32F3N7O3. The van der Waals surface area contributed by atoms with E-state index in [1.165, 1.54) is 23.5 Å². The van der Waals surface area contributed by atoms with E-state index in [4.69, 9.17) is 9.57 Å². The van der Waals surface area contributed by atoms with Crippen LogP contribution in [0.4, 0.5) is 41.9 Å². The number of nitrogens with one attached hydrogen (secondary N) is 2. The average Bonchev–Trinajstić information content (AvgIpc) is 3.50. The Labute approximate surface area is 241 Å². The minimum atomic E-state index is -1.54. The fraction of sp³-hybridized carbons (Fsp3) is 0.345. The molecule has 0 bridgehead atoms. The van der Waals surface area contributed by atoms with E-state index in [-0.39, 0.29) is 23.9 Å². The number of likely N-dealkylation sites (N-methyl/N-ethyl adjacent to an activating group) is 1. The molecule has 3 heterocycles. The topological polar surface area (TPSA) is 95.1 Å². The molecule has 5 rings (SSSR count). The van der Waals surface area contributed by atoms with Gasteiger partial charge in [0, 0.05) is 50.3 Å². The largest absolute Gasteiger partial charge is 0.494 e. The van der Waals surface area contributed by atoms with Gasteiger partial charge in [-0.2, -0.15) is 0 Å². The van der Waals surface area contributed by atoms with E-state index >= 15 is 0 Å². The molecule has 10 nitrogen and oxygen atoms in total. The highest BCUT2D eigenvalue weighted by Gasteiger charge is 2.33. The summed E-state index contributed by atoms with van der Waals surface area (Å²) >= 11 is 0. The lowest BCUT2D eigenvalue weighted by atomic mass is 10.0. The first-order valence-electron chi connectivity index (χ1n) is 13.6. The van der Waals surface area contributed by atoms with Crippen LogP contribution in [0.1, 0.15) is 24.9 Å². The van der Waals surface area contributed by atoms with Crippen LogP contribution in [0.5, 0.6) is 5.75 Å². The number of aromatic nitrogens is 2. The molecular weight excluding hydrogens is 551 g/mol. The highest BCUT2D eigenvalue weighted by Crippen LogP contribution is 2.40. The lowest BCUT2D eigenvalue weighted by Crippen LogP contribution is -2.46. The van der Waals surface area contributed by atoms with Crippen LogP contribution in [0.2, 0.25) is 0 Å². The quantitative estimate of drug-likeness (QED) is 0.272. The molecule has 1 amide bonds. The first-order valence-corrected chi connectivity index (χ1v) is 13.6. The van der Waals surface area contributed by atoms with Crippen LogP contribution in [0, 0.1) is 17.5 Å². The Hall–Kier alpha value is -4.36. The SMILES string of the molecule is C=CC(=O)Nc1cc(Nc2cc(N3OCC[C@@H]3c3ccc(F)c(F)c3F)ncn2)c(OC)cc1N1CCN(CC)CC1. The Morgan fingerprint density at radius 1 is 1.12 bits per heavy atom. The summed E-state index contributed by atoms with van der Waals surface area (Å²) < 4.78 is 47.8. The van der Waals surface area contributed by atoms with Crippen LogP contribution in [0.15, 0.2) is 49.3 Å². The molecule has 0 unspecified atom stereocenters. The number of hydrogen-bond donors (Lipinski definition) is 2. The second-order valence-corrected chi connectivity index (χ2v) is 9.80. The average molecular weight is 584 g/mol. The van der Waals surface area contributed by atoms with Crippen LogP contribution in [0.25, 0.3) is 0 Å². The van der Waals surface area contributed by atoms with Crippen molar-refractivity contribution in [1.82, 2.24) is 14.9 Å². The number of halogens is 3. The molecule has 1 aromatic heterocycles. The fourth-order valence-corrected chi connectivity index (χ4v) is 5.14. The van der Waals surface area contributed by atoms with Crippen molar-refractivity contribution in [2.75, 3.05) is 67.0 Å². The number of nitrogens with zero attached hydrogens (tertiary/aromatic N) is 5. The standard InChI is InChI=1S/C29H32F3N7O3/c1-4-27(40)36-20-14-21(24(41-3)15-23(20)38-11-9-37(5-2)10-12-38)35-25-16-26(34-17-33-25)39-22(8-13-42-39)18-6-7-19(30)29(32)28(18)31/h4,6-7,14-17,22H,1,5,8-13H2,2-3H3,(H,36,40)(H,33,34,35)/t22-/m1/s1. The molecule has 42 heavy (non-hydrogen) atoms. The van der Waals surface area contributed by atoms with Crippen molar-refractivity contribution in [3.63, 3.8) is 0 Å². The number of ether oxygens (including phenoxy) is 1. The zero-order valence-electron chi connectivity index (χ0n) is 23.4. The summed E-state index contributed by atoms with van der Waals surface area (Å²) in [6, 6.07) is 6.56. The summed E-state index contributed by atoms with van der Waals surface area (Å²) in [6.07, 6.45) is 2.84. The molecule has 2 aliphatic heterocycles. The third-order valence-electron chi connectivity index (χ3n) is 7.39. The Bertz CT molecular complexity index is 1470. The molecule has 3 aromatic rings. The van der Waals surface area contributed by atoms with Crippen molar-refractivity contribution in [2.24, 2.45) is 0 Å². The highest BCUT2D eigenvalue weighted by atomic mass is 19.2. The number of rotatable bonds is 9. The molecule has 2 fully saturated rings. The van der Waals surface area contributed by atoms with Gasteiger partial charge < -0.3 is 25.2 Å². The van der Waals surface area contributed by atoms with Crippen LogP contribution in [-0.4, -0.2) is 67.2 Å². The molecule has 1 atom stereocenters. The van der Waals surface area contributed by atoms with Gasteiger partial charge in [-0.25, -0.2) is 28.2 Å². The Balaban J connectivity index is 1.44. The maximum atomic E-state index is 14.6. The summed E-state index contributed by atoms with van der Waals surface area (Å²) in [5.41, 5.74) is 1.86. The van der Waals surface area contributed by atoms with Crippen molar-refractivity contribution in [3.05, 3.63) is 72.3 Å². The molecule has 2 saturated heterocycles. The van der Waals surface area contributed by atoms with E-state index in [2.05, 4.69) is 43.9 Å². The smallest absolute Gasteiger partial charge is 0.247 e. The number of benzene rings is 2. The third kappa shape index (κ3) is 5.97. The maximum absolute atomic E-state index is 14.6. The van der Waals surface area contributed by atoms with Crippen molar-refractivity contribution in [2.45, 2.75) is 19.4 Å². The van der Waals surface area contributed by atoms with Crippen molar-refractivity contribution in [1.29, 1.82) is 0 Å². The van der Waals surface area contributed by atoms with Crippen molar-refractivity contribution < 1.29 is 27.5 Å². The molecule has 0 saturated carbocycles. The molecule has 0 aliphatic carbocycles. The molecule has 2 aromatic carbocycles. The molecule has 222 valence electrons. The number of piperazine rings is 1. The van der Waals surface area contributed by atoms with E-state index in [1.807, 2.05) is 6.07 Å². The van der Waals surface area contributed by atoms with Gasteiger partial charge in [0.15, 0.2) is 23.3 Å². The summed E-state index contributed by atoms with van der Waals surface area (Å²) in [6.45, 7) is 10.2. The van der Waals surface area contributed by atoms with E-state index in [9.17, 15) is 18.0 Å². The van der Waals surface area contributed by atoms with Gasteiger partial charge in [-0.3, -0.25) is 9.63 Å². The van der Waals surface area contributed by atoms with Crippen molar-refractivity contribution in [3.8, 4) is 5.75 Å². The monoisotopic (exact) mass is 583 g/mol. The number of methoxy groups -OCH3 is 1. The minimum Gasteiger partial charge on any atom is -0.494 e. The second-order valence-electron chi connectivity index (χ2n) is 9.80. The third-order valence-corrected chi connectivity index (χ3v) is 7.39. The molecule has 2 aliphatic rings. The zero-order valence-corrected chi connectivity index (χ0v) is 23.4. The van der Waals surface area contributed by atoms with Gasteiger partial charge in [-0.15, -0.1) is 0 Å². The van der Waals surface area contributed by atoms with Crippen LogP contribution in [-0.2, 0) is 9.63 Å². The van der Waals surface area contributed by atoms with Crippen LogP contribution < -0.4 is 25.3 Å². The van der Waals surface area contributed by atoms with Gasteiger partial charge in [0.25, 0.3) is 0 Å². The van der Waals surface area contributed by atoms with Crippen molar-refractivity contribution >= 4 is 34.6 Å². The summed E-state index contributed by atoms with van der Waals surface area (Å²) in [4.78, 5) is 31.1. The van der Waals surface area contributed by atoms with Gasteiger partial charge >= 0.3 is 0 Å². The Morgan fingerprint density at radius 2 is 1.90 bits per heavy atom. The fourth-order valence-electron chi connectivity index (χ4n) is 5.14. The number of carbonyl (C=O) groups is 1. The minimum absolute atomic E-state index is 0.0425. The summed E-state index contributed by atoms with van der Waals surface area (Å²) in [5, 5.41) is 7.45. The molecule has 2 N–H and O–H groups in total. The van der Waals surface area contributed by atoms with E-state index in [0.717, 1.165) is 44.5 Å². The lowest BCUT2D eigenvalue weighted by Gasteiger charge is -2.36. The summed E-state index contributed by atoms with van der Waals surface area (Å²) in [7, 11) is 1.55. The summed E-state index contributed by atoms with van der Waals surface area (Å²) in [5.74, 6) is -3.27. The van der Waals surface area contributed by atoms with Gasteiger partial charge in [0.05, 0.1) is 36.8 Å². The second kappa shape index (κ2) is 12.7. The predicted octanol–water partition coefficient (Wildman–Crippen LogP) is 4.80. The molecule has 13 heteroatoms. The molecule has 0 radical (unpaired) electrons. The maximum Gasteiger partial charge on any atom is 0.247 e. The van der Waals surface area contributed by atoms with E-state index in [0.29, 0.717) is 29.4 Å². The molecule has 0 spiro atoms. The predicted molar refractivity (Wildman–Crippen MR) is 154 cm³/mol. The first-order chi connectivity index (χ1) is 20.3. The van der Waals surface area contributed by atoms with E-state index in [1.54, 1.807) is 19.2 Å². The number of anilines is 5. The zero-order chi connectivity index (χ0) is 29.8. The normalized spacial score (nSPS) is 17.3. The van der Waals surface area contributed by atoms with Gasteiger partial charge in [0.2, 0.25) is 5.91 Å². The first kappa shape index (κ1) is 29.1.